The molecule has 0 aliphatic rings. The molecule has 0 unspecified atom stereocenters. The Morgan fingerprint density at radius 2 is 1.90 bits per heavy atom. The summed E-state index contributed by atoms with van der Waals surface area (Å²) in [4.78, 5) is 20.8. The number of H-pyrrole nitrogens is 1. The number of hydrogen-bond donors (Lipinski definition) is 1. The maximum atomic E-state index is 11.8. The minimum atomic E-state index is -0.262. The number of thioether (sulfide) groups is 1. The summed E-state index contributed by atoms with van der Waals surface area (Å²) in [6.45, 7) is 2.03. The average Bonchev–Trinajstić information content (AvgIpc) is 2.47. The summed E-state index contributed by atoms with van der Waals surface area (Å²) < 4.78 is 0. The second kappa shape index (κ2) is 5.05. The van der Waals surface area contributed by atoms with E-state index in [1.54, 1.807) is 6.20 Å². The number of aromatic amines is 1. The van der Waals surface area contributed by atoms with E-state index in [4.69, 9.17) is 0 Å². The van der Waals surface area contributed by atoms with E-state index in [-0.39, 0.29) is 5.56 Å². The lowest BCUT2D eigenvalue weighted by atomic mass is 10.1. The van der Waals surface area contributed by atoms with Gasteiger partial charge >= 0.3 is 0 Å². The topological polar surface area (TPSA) is 71.5 Å². The molecule has 3 rings (SSSR count). The van der Waals surface area contributed by atoms with Crippen LogP contribution in [0.25, 0.3) is 22.3 Å². The summed E-state index contributed by atoms with van der Waals surface area (Å²) >= 11 is 1.43. The lowest BCUT2D eigenvalue weighted by Crippen LogP contribution is -2.10. The molecule has 0 atom stereocenters. The number of nitrogens with zero attached hydrogens (tertiary/aromatic N) is 3. The molecule has 0 fully saturated rings. The Bertz CT molecular complexity index is 827. The van der Waals surface area contributed by atoms with Gasteiger partial charge in [0.1, 0.15) is 15.9 Å². The molecule has 0 radical (unpaired) electrons. The highest BCUT2D eigenvalue weighted by atomic mass is 32.2. The number of benzene rings is 1. The van der Waals surface area contributed by atoms with Gasteiger partial charge in [-0.3, -0.25) is 4.79 Å². The molecule has 0 saturated carbocycles. The van der Waals surface area contributed by atoms with Gasteiger partial charge in [0.15, 0.2) is 5.82 Å². The van der Waals surface area contributed by atoms with Crippen molar-refractivity contribution >= 4 is 22.7 Å². The Morgan fingerprint density at radius 3 is 2.60 bits per heavy atom. The van der Waals surface area contributed by atoms with Crippen LogP contribution < -0.4 is 5.56 Å². The molecule has 5 nitrogen and oxygen atoms in total. The Balaban J connectivity index is 2.28. The van der Waals surface area contributed by atoms with Crippen LogP contribution in [-0.4, -0.2) is 26.4 Å². The molecular formula is C14H12N4OS. The van der Waals surface area contributed by atoms with Crippen molar-refractivity contribution in [3.05, 3.63) is 46.4 Å². The lowest BCUT2D eigenvalue weighted by Gasteiger charge is -2.06. The van der Waals surface area contributed by atoms with E-state index in [0.717, 1.165) is 5.56 Å². The van der Waals surface area contributed by atoms with E-state index in [1.807, 2.05) is 37.4 Å². The van der Waals surface area contributed by atoms with Crippen LogP contribution in [0.15, 0.2) is 40.3 Å². The number of rotatable bonds is 2. The van der Waals surface area contributed by atoms with Crippen LogP contribution in [0.2, 0.25) is 0 Å². The van der Waals surface area contributed by atoms with Crippen LogP contribution in [0.1, 0.15) is 5.56 Å². The van der Waals surface area contributed by atoms with Crippen molar-refractivity contribution in [1.82, 2.24) is 20.2 Å². The average molecular weight is 284 g/mol. The number of fused-ring (bicyclic) bond motifs is 1. The Labute approximate surface area is 119 Å². The standard InChI is InChI=1S/C14H12N4OS/c1-8-3-5-9(6-4-8)12-16-10-7-15-18-13(19)11(10)14(17-12)20-2/h3-7H,1-2H3,(H,18,19). The zero-order valence-electron chi connectivity index (χ0n) is 11.0. The summed E-state index contributed by atoms with van der Waals surface area (Å²) in [6.07, 6.45) is 3.44. The largest absolute Gasteiger partial charge is 0.276 e. The quantitative estimate of drug-likeness (QED) is 0.578. The first-order chi connectivity index (χ1) is 9.69. The first-order valence-electron chi connectivity index (χ1n) is 6.05. The molecule has 0 saturated heterocycles. The van der Waals surface area contributed by atoms with Crippen LogP contribution in [0.4, 0.5) is 0 Å². The van der Waals surface area contributed by atoms with Gasteiger partial charge in [0.05, 0.1) is 6.20 Å². The minimum Gasteiger partial charge on any atom is -0.267 e. The molecule has 0 aliphatic carbocycles. The molecule has 3 aromatic rings. The van der Waals surface area contributed by atoms with Gasteiger partial charge in [0, 0.05) is 5.56 Å². The van der Waals surface area contributed by atoms with Crippen molar-refractivity contribution in [3.8, 4) is 11.4 Å². The molecule has 0 amide bonds. The molecule has 2 aromatic heterocycles. The minimum absolute atomic E-state index is 0.262. The third kappa shape index (κ3) is 2.18. The summed E-state index contributed by atoms with van der Waals surface area (Å²) in [6, 6.07) is 7.97. The third-order valence-corrected chi connectivity index (χ3v) is 3.67. The van der Waals surface area contributed by atoms with E-state index in [1.165, 1.54) is 17.3 Å². The van der Waals surface area contributed by atoms with Gasteiger partial charge in [-0.1, -0.05) is 29.8 Å². The van der Waals surface area contributed by atoms with Crippen molar-refractivity contribution in [2.45, 2.75) is 11.9 Å². The molecule has 6 heteroatoms. The van der Waals surface area contributed by atoms with Gasteiger partial charge in [-0.2, -0.15) is 5.10 Å². The monoisotopic (exact) mass is 284 g/mol. The fourth-order valence-electron chi connectivity index (χ4n) is 1.95. The van der Waals surface area contributed by atoms with Gasteiger partial charge in [0.2, 0.25) is 0 Å². The fraction of sp³-hybridized carbons (Fsp3) is 0.143. The van der Waals surface area contributed by atoms with E-state index in [0.29, 0.717) is 21.8 Å². The first kappa shape index (κ1) is 12.8. The second-order valence-corrected chi connectivity index (χ2v) is 5.18. The molecule has 0 aliphatic heterocycles. The third-order valence-electron chi connectivity index (χ3n) is 2.99. The predicted octanol–water partition coefficient (Wildman–Crippen LogP) is 2.41. The summed E-state index contributed by atoms with van der Waals surface area (Å²) in [5.41, 5.74) is 2.40. The molecule has 0 spiro atoms. The van der Waals surface area contributed by atoms with Gasteiger partial charge in [-0.05, 0) is 13.2 Å². The molecule has 1 aromatic carbocycles. The molecule has 1 N–H and O–H groups in total. The molecule has 2 heterocycles. The van der Waals surface area contributed by atoms with Crippen LogP contribution >= 0.6 is 11.8 Å². The fourth-order valence-corrected chi connectivity index (χ4v) is 2.53. The maximum absolute atomic E-state index is 11.8. The molecule has 20 heavy (non-hydrogen) atoms. The SMILES string of the molecule is CSc1nc(-c2ccc(C)cc2)nc2cn[nH]c(=O)c12. The first-order valence-corrected chi connectivity index (χ1v) is 7.28. The maximum Gasteiger partial charge on any atom is 0.276 e. The van der Waals surface area contributed by atoms with Gasteiger partial charge in [0.25, 0.3) is 5.56 Å². The van der Waals surface area contributed by atoms with Crippen LogP contribution in [0, 0.1) is 6.92 Å². The molecular weight excluding hydrogens is 272 g/mol. The van der Waals surface area contributed by atoms with Crippen molar-refractivity contribution in [1.29, 1.82) is 0 Å². The van der Waals surface area contributed by atoms with Gasteiger partial charge in [-0.25, -0.2) is 15.1 Å². The van der Waals surface area contributed by atoms with Crippen molar-refractivity contribution in [3.63, 3.8) is 0 Å². The predicted molar refractivity (Wildman–Crippen MR) is 79.9 cm³/mol. The second-order valence-electron chi connectivity index (χ2n) is 4.38. The summed E-state index contributed by atoms with van der Waals surface area (Å²) in [7, 11) is 0. The van der Waals surface area contributed by atoms with E-state index >= 15 is 0 Å². The smallest absolute Gasteiger partial charge is 0.267 e. The molecule has 100 valence electrons. The summed E-state index contributed by atoms with van der Waals surface area (Å²) in [5.74, 6) is 0.606. The van der Waals surface area contributed by atoms with Crippen LogP contribution in [0.5, 0.6) is 0 Å². The molecule has 0 bridgehead atoms. The van der Waals surface area contributed by atoms with E-state index in [2.05, 4.69) is 20.2 Å². The van der Waals surface area contributed by atoms with Crippen molar-refractivity contribution in [2.75, 3.05) is 6.26 Å². The van der Waals surface area contributed by atoms with Crippen LogP contribution in [-0.2, 0) is 0 Å². The Hall–Kier alpha value is -2.21. The highest BCUT2D eigenvalue weighted by Gasteiger charge is 2.11. The number of aryl methyl sites for hydroxylation is 1. The highest BCUT2D eigenvalue weighted by Crippen LogP contribution is 2.24. The number of nitrogens with one attached hydrogen (secondary N) is 1. The van der Waals surface area contributed by atoms with E-state index in [9.17, 15) is 4.79 Å². The Morgan fingerprint density at radius 1 is 1.15 bits per heavy atom. The lowest BCUT2D eigenvalue weighted by molar-refractivity contribution is 0.984. The van der Waals surface area contributed by atoms with Gasteiger partial charge in [-0.15, -0.1) is 11.8 Å². The van der Waals surface area contributed by atoms with E-state index < -0.39 is 0 Å². The van der Waals surface area contributed by atoms with Crippen LogP contribution in [0.3, 0.4) is 0 Å². The Kier molecular flexibility index (Phi) is 3.23. The zero-order chi connectivity index (χ0) is 14.1. The van der Waals surface area contributed by atoms with Crippen molar-refractivity contribution in [2.24, 2.45) is 0 Å². The highest BCUT2D eigenvalue weighted by molar-refractivity contribution is 7.98. The number of hydrogen-bond acceptors (Lipinski definition) is 5. The normalized spacial score (nSPS) is 10.9. The van der Waals surface area contributed by atoms with Crippen molar-refractivity contribution < 1.29 is 0 Å². The van der Waals surface area contributed by atoms with Gasteiger partial charge < -0.3 is 0 Å². The summed E-state index contributed by atoms with van der Waals surface area (Å²) in [5, 5.41) is 7.37. The number of aromatic nitrogens is 4. The zero-order valence-corrected chi connectivity index (χ0v) is 11.9.